The van der Waals surface area contributed by atoms with Gasteiger partial charge in [-0.1, -0.05) is 6.92 Å². The second kappa shape index (κ2) is 9.66. The van der Waals surface area contributed by atoms with E-state index in [-0.39, 0.29) is 26.0 Å². The van der Waals surface area contributed by atoms with E-state index in [1.807, 2.05) is 6.92 Å². The van der Waals surface area contributed by atoms with Crippen molar-refractivity contribution in [1.82, 2.24) is 0 Å². The van der Waals surface area contributed by atoms with Crippen LogP contribution in [-0.2, 0) is 31.8 Å². The van der Waals surface area contributed by atoms with Gasteiger partial charge in [0.2, 0.25) is 0 Å². The van der Waals surface area contributed by atoms with E-state index in [1.54, 1.807) is 13.2 Å². The van der Waals surface area contributed by atoms with Crippen molar-refractivity contribution < 1.29 is 28.5 Å². The number of hydrogen-bond donors (Lipinski definition) is 0. The summed E-state index contributed by atoms with van der Waals surface area (Å²) in [6, 6.07) is 1.75. The number of halogens is 1. The van der Waals surface area contributed by atoms with Gasteiger partial charge in [-0.25, -0.2) is 0 Å². The number of carbonyl (C=O) groups is 1. The third kappa shape index (κ3) is 4.86. The molecule has 0 unspecified atom stereocenters. The first-order valence-corrected chi connectivity index (χ1v) is 7.52. The number of hydrogen-bond acceptors (Lipinski definition) is 6. The number of esters is 1. The Bertz CT molecular complexity index is 503. The molecule has 0 aromatic heterocycles. The van der Waals surface area contributed by atoms with Crippen molar-refractivity contribution in [3.63, 3.8) is 0 Å². The van der Waals surface area contributed by atoms with Gasteiger partial charge >= 0.3 is 5.97 Å². The van der Waals surface area contributed by atoms with Gasteiger partial charge in [-0.15, -0.1) is 0 Å². The maximum absolute atomic E-state index is 11.7. The smallest absolute Gasteiger partial charge is 0.310 e. The molecule has 0 aliphatic rings. The van der Waals surface area contributed by atoms with Crippen molar-refractivity contribution in [3.05, 3.63) is 21.7 Å². The molecule has 0 heterocycles. The second-order valence-electron chi connectivity index (χ2n) is 4.35. The molecule has 0 amide bonds. The molecule has 0 radical (unpaired) electrons. The third-order valence-electron chi connectivity index (χ3n) is 2.97. The molecule has 0 N–H and O–H groups in total. The summed E-state index contributed by atoms with van der Waals surface area (Å²) in [5.41, 5.74) is 1.67. The number of rotatable bonds is 9. The summed E-state index contributed by atoms with van der Waals surface area (Å²) < 4.78 is 26.4. The molecule has 0 bridgehead atoms. The first kappa shape index (κ1) is 18.7. The predicted molar refractivity (Wildman–Crippen MR) is 84.2 cm³/mol. The van der Waals surface area contributed by atoms with Crippen LogP contribution in [-0.4, -0.2) is 40.9 Å². The summed E-state index contributed by atoms with van der Waals surface area (Å²) in [5.74, 6) is 0.804. The Morgan fingerprint density at radius 3 is 2.14 bits per heavy atom. The third-order valence-corrected chi connectivity index (χ3v) is 3.84. The highest BCUT2D eigenvalue weighted by molar-refractivity contribution is 9.10. The van der Waals surface area contributed by atoms with Crippen molar-refractivity contribution in [2.75, 3.05) is 34.9 Å². The van der Waals surface area contributed by atoms with Gasteiger partial charge in [-0.05, 0) is 33.5 Å². The monoisotopic (exact) mass is 376 g/mol. The summed E-state index contributed by atoms with van der Waals surface area (Å²) >= 11 is 3.49. The van der Waals surface area contributed by atoms with E-state index in [1.165, 1.54) is 14.2 Å². The molecule has 0 fully saturated rings. The van der Waals surface area contributed by atoms with E-state index in [4.69, 9.17) is 23.7 Å². The highest BCUT2D eigenvalue weighted by Crippen LogP contribution is 2.38. The fraction of sp³-hybridized carbons (Fsp3) is 0.533. The van der Waals surface area contributed by atoms with Crippen molar-refractivity contribution in [3.8, 4) is 11.5 Å². The first-order chi connectivity index (χ1) is 10.6. The van der Waals surface area contributed by atoms with Gasteiger partial charge in [-0.2, -0.15) is 0 Å². The summed E-state index contributed by atoms with van der Waals surface area (Å²) in [6.45, 7) is 2.18. The Kier molecular flexibility index (Phi) is 8.22. The fourth-order valence-corrected chi connectivity index (χ4v) is 2.57. The molecule has 6 nitrogen and oxygen atoms in total. The number of carbonyl (C=O) groups excluding carboxylic acids is 1. The Hall–Kier alpha value is -1.31. The zero-order chi connectivity index (χ0) is 16.5. The van der Waals surface area contributed by atoms with Crippen LogP contribution in [0.3, 0.4) is 0 Å². The predicted octanol–water partition coefficient (Wildman–Crippen LogP) is 2.69. The molecule has 0 saturated carbocycles. The van der Waals surface area contributed by atoms with E-state index in [9.17, 15) is 4.79 Å². The Balaban J connectivity index is 3.30. The average molecular weight is 377 g/mol. The van der Waals surface area contributed by atoms with Crippen LogP contribution in [0.25, 0.3) is 0 Å². The highest BCUT2D eigenvalue weighted by Gasteiger charge is 2.20. The first-order valence-electron chi connectivity index (χ1n) is 6.73. The lowest BCUT2D eigenvalue weighted by atomic mass is 10.0. The standard InChI is InChI=1S/C15H21BrO6/c1-5-10-11(6-14(17)20-4)15(16)13(22-9-19-3)7-12(10)21-8-18-2/h7H,5-6,8-9H2,1-4H3. The molecule has 0 atom stereocenters. The zero-order valence-electron chi connectivity index (χ0n) is 13.2. The van der Waals surface area contributed by atoms with Crippen molar-refractivity contribution in [2.24, 2.45) is 0 Å². The lowest BCUT2D eigenvalue weighted by molar-refractivity contribution is -0.139. The quantitative estimate of drug-likeness (QED) is 0.487. The summed E-state index contributed by atoms with van der Waals surface area (Å²) in [6.07, 6.45) is 0.808. The van der Waals surface area contributed by atoms with Crippen LogP contribution >= 0.6 is 15.9 Å². The maximum atomic E-state index is 11.7. The molecule has 1 rings (SSSR count). The van der Waals surface area contributed by atoms with Crippen LogP contribution in [0.15, 0.2) is 10.5 Å². The molecule has 0 aliphatic carbocycles. The lowest BCUT2D eigenvalue weighted by Crippen LogP contribution is -2.11. The van der Waals surface area contributed by atoms with Crippen LogP contribution in [0.4, 0.5) is 0 Å². The lowest BCUT2D eigenvalue weighted by Gasteiger charge is -2.18. The van der Waals surface area contributed by atoms with Gasteiger partial charge in [-0.3, -0.25) is 4.79 Å². The van der Waals surface area contributed by atoms with E-state index < -0.39 is 0 Å². The van der Waals surface area contributed by atoms with Gasteiger partial charge in [0.25, 0.3) is 0 Å². The Morgan fingerprint density at radius 1 is 1.05 bits per heavy atom. The molecule has 7 heteroatoms. The van der Waals surface area contributed by atoms with Crippen LogP contribution < -0.4 is 9.47 Å². The van der Waals surface area contributed by atoms with Crippen molar-refractivity contribution in [1.29, 1.82) is 0 Å². The SMILES string of the molecule is CCc1c(OCOC)cc(OCOC)c(Br)c1CC(=O)OC. The minimum absolute atomic E-state index is 0.0887. The molecular formula is C15H21BrO6. The molecule has 0 spiro atoms. The van der Waals surface area contributed by atoms with Gasteiger partial charge in [0.1, 0.15) is 11.5 Å². The molecule has 0 saturated heterocycles. The zero-order valence-corrected chi connectivity index (χ0v) is 14.8. The number of methoxy groups -OCH3 is 3. The molecule has 1 aromatic carbocycles. The normalized spacial score (nSPS) is 10.4. The highest BCUT2D eigenvalue weighted by atomic mass is 79.9. The minimum atomic E-state index is -0.336. The van der Waals surface area contributed by atoms with E-state index in [0.717, 1.165) is 11.1 Å². The van der Waals surface area contributed by atoms with Crippen LogP contribution in [0.2, 0.25) is 0 Å². The average Bonchev–Trinajstić information content (AvgIpc) is 2.53. The molecule has 0 aliphatic heterocycles. The van der Waals surface area contributed by atoms with Crippen molar-refractivity contribution >= 4 is 21.9 Å². The second-order valence-corrected chi connectivity index (χ2v) is 5.15. The topological polar surface area (TPSA) is 63.2 Å². The van der Waals surface area contributed by atoms with Gasteiger partial charge in [0.05, 0.1) is 18.0 Å². The maximum Gasteiger partial charge on any atom is 0.310 e. The van der Waals surface area contributed by atoms with Crippen LogP contribution in [0, 0.1) is 0 Å². The van der Waals surface area contributed by atoms with Gasteiger partial charge in [0, 0.05) is 20.3 Å². The summed E-state index contributed by atoms with van der Waals surface area (Å²) in [4.78, 5) is 11.7. The summed E-state index contributed by atoms with van der Waals surface area (Å²) in [7, 11) is 4.43. The van der Waals surface area contributed by atoms with Gasteiger partial charge < -0.3 is 23.7 Å². The van der Waals surface area contributed by atoms with E-state index >= 15 is 0 Å². The summed E-state index contributed by atoms with van der Waals surface area (Å²) in [5, 5.41) is 0. The van der Waals surface area contributed by atoms with E-state index in [2.05, 4.69) is 15.9 Å². The fourth-order valence-electron chi connectivity index (χ4n) is 1.97. The molecule has 124 valence electrons. The largest absolute Gasteiger partial charge is 0.469 e. The number of benzene rings is 1. The van der Waals surface area contributed by atoms with Crippen LogP contribution in [0.5, 0.6) is 11.5 Å². The number of ether oxygens (including phenoxy) is 5. The van der Waals surface area contributed by atoms with Crippen molar-refractivity contribution in [2.45, 2.75) is 19.8 Å². The van der Waals surface area contributed by atoms with E-state index in [0.29, 0.717) is 22.4 Å². The van der Waals surface area contributed by atoms with Crippen LogP contribution in [0.1, 0.15) is 18.1 Å². The Labute approximate surface area is 138 Å². The molecule has 22 heavy (non-hydrogen) atoms. The minimum Gasteiger partial charge on any atom is -0.469 e. The van der Waals surface area contributed by atoms with Gasteiger partial charge in [0.15, 0.2) is 13.6 Å². The Morgan fingerprint density at radius 2 is 1.64 bits per heavy atom. The molecular weight excluding hydrogens is 356 g/mol. The molecule has 1 aromatic rings.